The van der Waals surface area contributed by atoms with Gasteiger partial charge in [-0.05, 0) is 36.5 Å². The van der Waals surface area contributed by atoms with Gasteiger partial charge in [0.25, 0.3) is 17.5 Å². The van der Waals surface area contributed by atoms with Gasteiger partial charge in [-0.3, -0.25) is 29.4 Å². The summed E-state index contributed by atoms with van der Waals surface area (Å²) in [6, 6.07) is 10.3. The second-order valence-electron chi connectivity index (χ2n) is 5.88. The summed E-state index contributed by atoms with van der Waals surface area (Å²) >= 11 is 5.00. The molecule has 1 heterocycles. The third kappa shape index (κ3) is 4.04. The van der Waals surface area contributed by atoms with E-state index in [1.807, 2.05) is 0 Å². The van der Waals surface area contributed by atoms with E-state index >= 15 is 0 Å². The average molecular weight is 414 g/mol. The number of imide groups is 1. The number of rotatable bonds is 5. The van der Waals surface area contributed by atoms with Crippen LogP contribution in [-0.4, -0.2) is 46.3 Å². The van der Waals surface area contributed by atoms with E-state index in [0.29, 0.717) is 0 Å². The monoisotopic (exact) mass is 414 g/mol. The first-order valence-electron chi connectivity index (χ1n) is 8.20. The quantitative estimate of drug-likeness (QED) is 0.327. The van der Waals surface area contributed by atoms with Crippen LogP contribution in [-0.2, 0) is 4.79 Å². The van der Waals surface area contributed by atoms with Crippen LogP contribution in [0.1, 0.15) is 20.7 Å². The van der Waals surface area contributed by atoms with E-state index in [9.17, 15) is 24.5 Å². The van der Waals surface area contributed by atoms with Gasteiger partial charge in [0.2, 0.25) is 5.91 Å². The number of hydrogen-bond donors (Lipinski definition) is 2. The molecule has 2 aromatic rings. The van der Waals surface area contributed by atoms with Gasteiger partial charge in [-0.15, -0.1) is 0 Å². The van der Waals surface area contributed by atoms with E-state index in [1.54, 1.807) is 12.1 Å². The zero-order valence-electron chi connectivity index (χ0n) is 15.0. The minimum Gasteiger partial charge on any atom is -0.496 e. The molecule has 1 aliphatic heterocycles. The summed E-state index contributed by atoms with van der Waals surface area (Å²) in [5.41, 5.74) is 0.183. The van der Waals surface area contributed by atoms with Crippen molar-refractivity contribution in [2.45, 2.75) is 0 Å². The number of nitro groups is 1. The third-order valence-electron chi connectivity index (χ3n) is 4.08. The van der Waals surface area contributed by atoms with Crippen molar-refractivity contribution in [1.82, 2.24) is 10.2 Å². The molecule has 2 N–H and O–H groups in total. The molecule has 148 valence electrons. The summed E-state index contributed by atoms with van der Waals surface area (Å²) in [6.07, 6.45) is 0. The van der Waals surface area contributed by atoms with Gasteiger partial charge in [-0.1, -0.05) is 12.1 Å². The largest absolute Gasteiger partial charge is 0.496 e. The highest BCUT2D eigenvalue weighted by Crippen LogP contribution is 2.29. The highest BCUT2D eigenvalue weighted by molar-refractivity contribution is 7.80. The predicted octanol–water partition coefficient (Wildman–Crippen LogP) is 1.71. The topological polar surface area (TPSA) is 131 Å². The van der Waals surface area contributed by atoms with Crippen molar-refractivity contribution >= 4 is 46.4 Å². The highest BCUT2D eigenvalue weighted by Gasteiger charge is 2.36. The van der Waals surface area contributed by atoms with Crippen molar-refractivity contribution < 1.29 is 24.0 Å². The second-order valence-corrected chi connectivity index (χ2v) is 6.29. The summed E-state index contributed by atoms with van der Waals surface area (Å²) in [5.74, 6) is -1.60. The van der Waals surface area contributed by atoms with Gasteiger partial charge >= 0.3 is 0 Å². The molecule has 2 aromatic carbocycles. The fourth-order valence-electron chi connectivity index (χ4n) is 2.74. The van der Waals surface area contributed by atoms with Gasteiger partial charge in [0.15, 0.2) is 5.11 Å². The van der Waals surface area contributed by atoms with E-state index in [0.717, 1.165) is 4.90 Å². The summed E-state index contributed by atoms with van der Waals surface area (Å²) in [6.45, 7) is -0.543. The number of amides is 3. The van der Waals surface area contributed by atoms with Crippen LogP contribution in [0.15, 0.2) is 42.5 Å². The van der Waals surface area contributed by atoms with Crippen molar-refractivity contribution in [2.24, 2.45) is 0 Å². The molecule has 29 heavy (non-hydrogen) atoms. The van der Waals surface area contributed by atoms with Crippen LogP contribution in [0.4, 0.5) is 11.4 Å². The number of anilines is 1. The predicted molar refractivity (Wildman–Crippen MR) is 106 cm³/mol. The Bertz CT molecular complexity index is 1020. The molecule has 3 rings (SSSR count). The lowest BCUT2D eigenvalue weighted by molar-refractivity contribution is -0.384. The van der Waals surface area contributed by atoms with Crippen LogP contribution in [0, 0.1) is 10.1 Å². The molecule has 11 heteroatoms. The molecule has 0 fully saturated rings. The number of carbonyl (C=O) groups is 3. The fourth-order valence-corrected chi connectivity index (χ4v) is 2.97. The standard InChI is InChI=1S/C18H14N4O6S/c1-28-10-6-7-13(14(8-10)22(26)27)19-18(29)20-15(23)9-21-16(24)11-4-2-3-5-12(11)17(21)25/h2-8H,9H2,1H3,(H2,19,20,23,29). The minimum atomic E-state index is -0.729. The number of thiocarbonyl (C=S) groups is 1. The Morgan fingerprint density at radius 1 is 1.17 bits per heavy atom. The zero-order valence-corrected chi connectivity index (χ0v) is 15.8. The maximum absolute atomic E-state index is 12.3. The number of hydrogen-bond acceptors (Lipinski definition) is 7. The van der Waals surface area contributed by atoms with Gasteiger partial charge in [0.05, 0.1) is 29.2 Å². The van der Waals surface area contributed by atoms with Crippen molar-refractivity contribution in [2.75, 3.05) is 19.0 Å². The first-order chi connectivity index (χ1) is 13.8. The van der Waals surface area contributed by atoms with Crippen LogP contribution in [0.2, 0.25) is 0 Å². The molecule has 1 aliphatic rings. The SMILES string of the molecule is COc1ccc(NC(=S)NC(=O)CN2C(=O)c3ccccc3C2=O)c([N+](=O)[O-])c1. The molecule has 0 unspecified atom stereocenters. The molecule has 0 spiro atoms. The summed E-state index contributed by atoms with van der Waals surface area (Å²) < 4.78 is 4.95. The minimum absolute atomic E-state index is 0.0434. The summed E-state index contributed by atoms with van der Waals surface area (Å²) in [7, 11) is 1.37. The normalized spacial score (nSPS) is 12.4. The van der Waals surface area contributed by atoms with Gasteiger partial charge in [0.1, 0.15) is 18.0 Å². The maximum Gasteiger partial charge on any atom is 0.296 e. The first kappa shape index (κ1) is 19.9. The Morgan fingerprint density at radius 2 is 1.79 bits per heavy atom. The van der Waals surface area contributed by atoms with Crippen LogP contribution >= 0.6 is 12.2 Å². The van der Waals surface area contributed by atoms with Gasteiger partial charge in [-0.2, -0.15) is 0 Å². The summed E-state index contributed by atoms with van der Waals surface area (Å²) in [4.78, 5) is 48.2. The van der Waals surface area contributed by atoms with E-state index in [1.165, 1.54) is 37.4 Å². The van der Waals surface area contributed by atoms with Gasteiger partial charge in [-0.25, -0.2) is 0 Å². The highest BCUT2D eigenvalue weighted by atomic mass is 32.1. The van der Waals surface area contributed by atoms with Crippen LogP contribution < -0.4 is 15.4 Å². The molecular formula is C18H14N4O6S. The Morgan fingerprint density at radius 3 is 2.34 bits per heavy atom. The molecule has 0 saturated carbocycles. The van der Waals surface area contributed by atoms with Crippen molar-refractivity contribution in [1.29, 1.82) is 0 Å². The fraction of sp³-hybridized carbons (Fsp3) is 0.111. The maximum atomic E-state index is 12.3. The average Bonchev–Trinajstić information content (AvgIpc) is 2.93. The third-order valence-corrected chi connectivity index (χ3v) is 4.29. The lowest BCUT2D eigenvalue weighted by Crippen LogP contribution is -2.43. The summed E-state index contributed by atoms with van der Waals surface area (Å²) in [5, 5.41) is 15.8. The van der Waals surface area contributed by atoms with Gasteiger partial charge < -0.3 is 15.4 Å². The molecule has 3 amide bonds. The number of methoxy groups -OCH3 is 1. The Balaban J connectivity index is 1.65. The Hall–Kier alpha value is -3.86. The van der Waals surface area contributed by atoms with Crippen LogP contribution in [0.3, 0.4) is 0 Å². The smallest absolute Gasteiger partial charge is 0.296 e. The van der Waals surface area contributed by atoms with Gasteiger partial charge in [0, 0.05) is 0 Å². The molecule has 0 aliphatic carbocycles. The number of carbonyl (C=O) groups excluding carboxylic acids is 3. The van der Waals surface area contributed by atoms with Crippen molar-refractivity contribution in [3.05, 3.63) is 63.7 Å². The second kappa shape index (κ2) is 8.02. The number of nitro benzene ring substituents is 1. The molecule has 0 bridgehead atoms. The zero-order chi connectivity index (χ0) is 21.1. The lowest BCUT2D eigenvalue weighted by Gasteiger charge is -2.15. The Labute approximate surface area is 169 Å². The van der Waals surface area contributed by atoms with E-state index in [2.05, 4.69) is 10.6 Å². The lowest BCUT2D eigenvalue weighted by atomic mass is 10.1. The molecule has 0 atom stereocenters. The van der Waals surface area contributed by atoms with Crippen LogP contribution in [0.25, 0.3) is 0 Å². The van der Waals surface area contributed by atoms with Crippen LogP contribution in [0.5, 0.6) is 5.75 Å². The number of nitrogens with zero attached hydrogens (tertiary/aromatic N) is 2. The number of fused-ring (bicyclic) bond motifs is 1. The molecule has 0 aromatic heterocycles. The van der Waals surface area contributed by atoms with Crippen molar-refractivity contribution in [3.8, 4) is 5.75 Å². The molecule has 10 nitrogen and oxygen atoms in total. The van der Waals surface area contributed by atoms with E-state index in [4.69, 9.17) is 17.0 Å². The number of benzene rings is 2. The first-order valence-corrected chi connectivity index (χ1v) is 8.61. The Kier molecular flexibility index (Phi) is 5.50. The molecule has 0 radical (unpaired) electrons. The van der Waals surface area contributed by atoms with Crippen molar-refractivity contribution in [3.63, 3.8) is 0 Å². The van der Waals surface area contributed by atoms with E-state index < -0.39 is 29.2 Å². The molecular weight excluding hydrogens is 400 g/mol. The number of ether oxygens (including phenoxy) is 1. The number of nitrogens with one attached hydrogen (secondary N) is 2. The van der Waals surface area contributed by atoms with E-state index in [-0.39, 0.29) is 33.4 Å². The molecule has 0 saturated heterocycles.